The van der Waals surface area contributed by atoms with E-state index in [-0.39, 0.29) is 17.0 Å². The van der Waals surface area contributed by atoms with Gasteiger partial charge in [-0.3, -0.25) is 4.98 Å². The van der Waals surface area contributed by atoms with Crippen LogP contribution in [0.1, 0.15) is 11.3 Å². The van der Waals surface area contributed by atoms with Gasteiger partial charge in [0.05, 0.1) is 17.2 Å². The smallest absolute Gasteiger partial charge is 0.255 e. The first-order chi connectivity index (χ1) is 17.1. The molecule has 2 aromatic heterocycles. The lowest BCUT2D eigenvalue weighted by Gasteiger charge is -2.12. The molecule has 176 valence electrons. The van der Waals surface area contributed by atoms with Crippen molar-refractivity contribution >= 4 is 66.6 Å². The Kier molecular flexibility index (Phi) is 5.79. The molecule has 0 bridgehead atoms. The van der Waals surface area contributed by atoms with E-state index in [1.165, 1.54) is 37.9 Å². The number of fused-ring (bicyclic) bond motifs is 1. The summed E-state index contributed by atoms with van der Waals surface area (Å²) in [7, 11) is 0. The van der Waals surface area contributed by atoms with E-state index in [0.29, 0.717) is 23.4 Å². The van der Waals surface area contributed by atoms with Gasteiger partial charge in [0.1, 0.15) is 18.8 Å². The van der Waals surface area contributed by atoms with E-state index in [1.807, 2.05) is 39.7 Å². The molecule has 4 nitrogen and oxygen atoms in total. The van der Waals surface area contributed by atoms with Crippen molar-refractivity contribution in [2.75, 3.05) is 0 Å². The Morgan fingerprint density at radius 1 is 0.750 bits per heavy atom. The molecular weight excluding hydrogens is 555 g/mol. The summed E-state index contributed by atoms with van der Waals surface area (Å²) in [6, 6.07) is 27.6. The minimum absolute atomic E-state index is 0. The maximum atomic E-state index is 6.66. The van der Waals surface area contributed by atoms with Gasteiger partial charge >= 0.3 is 0 Å². The van der Waals surface area contributed by atoms with Crippen LogP contribution in [0.4, 0.5) is 0 Å². The molecule has 0 aliphatic heterocycles. The number of para-hydroxylation sites is 2. The summed E-state index contributed by atoms with van der Waals surface area (Å²) < 4.78 is 3.89. The summed E-state index contributed by atoms with van der Waals surface area (Å²) in [5.74, 6) is 0. The molecule has 0 fully saturated rings. The molecule has 0 saturated carbocycles. The second-order valence-corrected chi connectivity index (χ2v) is 9.65. The number of rotatable bonds is 4. The Morgan fingerprint density at radius 2 is 1.39 bits per heavy atom. The van der Waals surface area contributed by atoms with Crippen molar-refractivity contribution in [3.8, 4) is 0 Å². The van der Waals surface area contributed by atoms with Crippen LogP contribution in [0.25, 0.3) is 43.4 Å². The van der Waals surface area contributed by atoms with E-state index in [2.05, 4.69) is 59.6 Å². The summed E-state index contributed by atoms with van der Waals surface area (Å²) in [5.41, 5.74) is 3.73. The van der Waals surface area contributed by atoms with Crippen LogP contribution in [-0.2, 0) is 13.1 Å². The van der Waals surface area contributed by atoms with Gasteiger partial charge in [-0.05, 0) is 85.3 Å². The van der Waals surface area contributed by atoms with Gasteiger partial charge in [-0.2, -0.15) is 0 Å². The highest BCUT2D eigenvalue weighted by Gasteiger charge is 2.22. The number of halogens is 3. The number of imidazole rings is 1. The van der Waals surface area contributed by atoms with Crippen LogP contribution >= 0.6 is 23.2 Å². The quantitative estimate of drug-likeness (QED) is 0.235. The third-order valence-electron chi connectivity index (χ3n) is 6.66. The molecule has 0 atom stereocenters. The molecule has 0 unspecified atom stereocenters. The molecule has 7 rings (SSSR count). The minimum Gasteiger partial charge on any atom is -1.00 e. The predicted octanol–water partition coefficient (Wildman–Crippen LogP) is 4.02. The van der Waals surface area contributed by atoms with Gasteiger partial charge in [0.15, 0.2) is 0 Å². The van der Waals surface area contributed by atoms with E-state index in [0.717, 1.165) is 16.7 Å². The van der Waals surface area contributed by atoms with Crippen LogP contribution in [-0.4, -0.2) is 14.5 Å². The molecule has 0 spiro atoms. The summed E-state index contributed by atoms with van der Waals surface area (Å²) in [6.45, 7) is 1.11. The lowest BCUT2D eigenvalue weighted by Crippen LogP contribution is -3.00. The molecule has 0 N–H and O–H groups in total. The Morgan fingerprint density at radius 3 is 2.11 bits per heavy atom. The molecule has 0 amide bonds. The van der Waals surface area contributed by atoms with Crippen LogP contribution < -0.4 is 21.5 Å². The SMILES string of the molecule is Clc1c(Cl)[n+](Cc2cc3ccc4cccc5ccc(c2)c3c45)cn1Cc1cnc2ccccc2n1.[Br-]. The van der Waals surface area contributed by atoms with Crippen molar-refractivity contribution in [2.24, 2.45) is 0 Å². The lowest BCUT2D eigenvalue weighted by atomic mass is 9.93. The molecule has 2 heterocycles. The highest BCUT2D eigenvalue weighted by atomic mass is 79.9. The highest BCUT2D eigenvalue weighted by Crippen LogP contribution is 2.35. The van der Waals surface area contributed by atoms with Crippen LogP contribution in [0, 0.1) is 0 Å². The van der Waals surface area contributed by atoms with Crippen molar-refractivity contribution in [1.82, 2.24) is 14.5 Å². The summed E-state index contributed by atoms with van der Waals surface area (Å²) in [4.78, 5) is 9.23. The zero-order chi connectivity index (χ0) is 23.5. The van der Waals surface area contributed by atoms with E-state index in [1.54, 1.807) is 6.20 Å². The Labute approximate surface area is 227 Å². The number of hydrogen-bond acceptors (Lipinski definition) is 2. The summed E-state index contributed by atoms with van der Waals surface area (Å²) in [5, 5.41) is 8.63. The number of benzene rings is 5. The first-order valence-corrected chi connectivity index (χ1v) is 12.2. The number of nitrogens with zero attached hydrogens (tertiary/aromatic N) is 4. The monoisotopic (exact) mass is 572 g/mol. The van der Waals surface area contributed by atoms with E-state index < -0.39 is 0 Å². The first kappa shape index (κ1) is 23.2. The maximum absolute atomic E-state index is 6.66. The second-order valence-electron chi connectivity index (χ2n) is 8.93. The third-order valence-corrected chi connectivity index (χ3v) is 7.55. The Hall–Kier alpha value is -3.25. The van der Waals surface area contributed by atoms with Gasteiger partial charge in [-0.15, -0.1) is 0 Å². The fourth-order valence-corrected chi connectivity index (χ4v) is 5.50. The maximum Gasteiger partial charge on any atom is 0.255 e. The average Bonchev–Trinajstić information content (AvgIpc) is 3.14. The molecule has 7 aromatic rings. The molecule has 7 heteroatoms. The van der Waals surface area contributed by atoms with Gasteiger partial charge in [-0.1, -0.05) is 54.6 Å². The van der Waals surface area contributed by atoms with Gasteiger partial charge in [-0.25, -0.2) is 14.1 Å². The van der Waals surface area contributed by atoms with Crippen molar-refractivity contribution in [1.29, 1.82) is 0 Å². The van der Waals surface area contributed by atoms with Crippen molar-refractivity contribution < 1.29 is 21.5 Å². The van der Waals surface area contributed by atoms with Crippen LogP contribution in [0.2, 0.25) is 10.3 Å². The fraction of sp³-hybridized carbons (Fsp3) is 0.0690. The molecule has 0 aliphatic rings. The van der Waals surface area contributed by atoms with Crippen molar-refractivity contribution in [3.05, 3.63) is 113 Å². The first-order valence-electron chi connectivity index (χ1n) is 11.4. The normalized spacial score (nSPS) is 11.6. The van der Waals surface area contributed by atoms with Gasteiger partial charge < -0.3 is 17.0 Å². The Balaban J connectivity index is 0.00000240. The summed E-state index contributed by atoms with van der Waals surface area (Å²) >= 11 is 13.3. The third kappa shape index (κ3) is 3.79. The molecular formula is C29H19BrCl2N4. The predicted molar refractivity (Wildman–Crippen MR) is 143 cm³/mol. The topological polar surface area (TPSA) is 34.6 Å². The zero-order valence-corrected chi connectivity index (χ0v) is 22.1. The molecule has 0 aliphatic carbocycles. The van der Waals surface area contributed by atoms with Crippen LogP contribution in [0.5, 0.6) is 0 Å². The van der Waals surface area contributed by atoms with Crippen LogP contribution in [0.15, 0.2) is 91.4 Å². The van der Waals surface area contributed by atoms with E-state index >= 15 is 0 Å². The van der Waals surface area contributed by atoms with E-state index in [4.69, 9.17) is 28.2 Å². The molecule has 5 aromatic carbocycles. The van der Waals surface area contributed by atoms with Gasteiger partial charge in [0.25, 0.3) is 10.3 Å². The van der Waals surface area contributed by atoms with Crippen LogP contribution in [0.3, 0.4) is 0 Å². The van der Waals surface area contributed by atoms with Gasteiger partial charge in [0, 0.05) is 0 Å². The average molecular weight is 574 g/mol. The standard InChI is InChI=1S/C29H19Cl2N4.BrH/c30-28-29(31)35(16-23-14-32-24-6-1-2-7-25(24)33-23)17-34(28)15-18-12-21-10-8-19-4-3-5-20-9-11-22(13-18)27(21)26(19)20;/h1-14,17H,15-16H2;1H/q+1;/p-1. The van der Waals surface area contributed by atoms with Crippen molar-refractivity contribution in [3.63, 3.8) is 0 Å². The highest BCUT2D eigenvalue weighted by molar-refractivity contribution is 6.39. The Bertz CT molecular complexity index is 1830. The lowest BCUT2D eigenvalue weighted by molar-refractivity contribution is -0.685. The fourth-order valence-electron chi connectivity index (χ4n) is 5.08. The van der Waals surface area contributed by atoms with Gasteiger partial charge in [0.2, 0.25) is 6.33 Å². The largest absolute Gasteiger partial charge is 1.00 e. The summed E-state index contributed by atoms with van der Waals surface area (Å²) in [6.07, 6.45) is 3.74. The second kappa shape index (κ2) is 9.00. The van der Waals surface area contributed by atoms with Crippen molar-refractivity contribution in [2.45, 2.75) is 13.1 Å². The number of aromatic nitrogens is 4. The molecule has 0 saturated heterocycles. The van der Waals surface area contributed by atoms with E-state index in [9.17, 15) is 0 Å². The molecule has 36 heavy (non-hydrogen) atoms. The minimum atomic E-state index is 0. The zero-order valence-electron chi connectivity index (χ0n) is 19.0. The molecule has 0 radical (unpaired) electrons. The number of hydrogen-bond donors (Lipinski definition) is 0.